The van der Waals surface area contributed by atoms with Crippen molar-refractivity contribution in [2.45, 2.75) is 18.8 Å². The molecule has 0 bridgehead atoms. The SMILES string of the molecule is COc1ccc2c(c1)CCc1ccccc1C2CN. The molecular weight excluding hydrogens is 234 g/mol. The molecule has 1 aliphatic carbocycles. The van der Waals surface area contributed by atoms with Crippen LogP contribution in [-0.4, -0.2) is 13.7 Å². The first-order valence-corrected chi connectivity index (χ1v) is 6.78. The molecule has 0 saturated heterocycles. The monoisotopic (exact) mass is 253 g/mol. The first-order chi connectivity index (χ1) is 9.33. The van der Waals surface area contributed by atoms with Crippen LogP contribution in [0.2, 0.25) is 0 Å². The molecule has 2 aromatic carbocycles. The summed E-state index contributed by atoms with van der Waals surface area (Å²) in [4.78, 5) is 0. The fourth-order valence-corrected chi connectivity index (χ4v) is 3.06. The second-order valence-corrected chi connectivity index (χ2v) is 5.05. The average Bonchev–Trinajstić information content (AvgIpc) is 2.63. The zero-order valence-electron chi connectivity index (χ0n) is 11.2. The van der Waals surface area contributed by atoms with Crippen LogP contribution in [0, 0.1) is 0 Å². The van der Waals surface area contributed by atoms with Crippen LogP contribution in [-0.2, 0) is 12.8 Å². The fraction of sp³-hybridized carbons (Fsp3) is 0.294. The summed E-state index contributed by atoms with van der Waals surface area (Å²) in [6.45, 7) is 0.649. The van der Waals surface area contributed by atoms with Crippen LogP contribution in [0.25, 0.3) is 0 Å². The zero-order valence-corrected chi connectivity index (χ0v) is 11.2. The molecule has 0 saturated carbocycles. The largest absolute Gasteiger partial charge is 0.497 e. The fourth-order valence-electron chi connectivity index (χ4n) is 3.06. The third kappa shape index (κ3) is 2.13. The quantitative estimate of drug-likeness (QED) is 0.893. The van der Waals surface area contributed by atoms with Gasteiger partial charge in [-0.1, -0.05) is 30.3 Å². The van der Waals surface area contributed by atoms with E-state index < -0.39 is 0 Å². The summed E-state index contributed by atoms with van der Waals surface area (Å²) >= 11 is 0. The molecule has 98 valence electrons. The Morgan fingerprint density at radius 2 is 1.79 bits per heavy atom. The van der Waals surface area contributed by atoms with E-state index in [1.54, 1.807) is 7.11 Å². The normalized spacial score (nSPS) is 17.3. The number of fused-ring (bicyclic) bond motifs is 2. The van der Waals surface area contributed by atoms with Gasteiger partial charge >= 0.3 is 0 Å². The van der Waals surface area contributed by atoms with Crippen LogP contribution in [0.15, 0.2) is 42.5 Å². The van der Waals surface area contributed by atoms with Gasteiger partial charge in [-0.2, -0.15) is 0 Å². The van der Waals surface area contributed by atoms with Gasteiger partial charge in [-0.3, -0.25) is 0 Å². The molecule has 2 N–H and O–H groups in total. The lowest BCUT2D eigenvalue weighted by Crippen LogP contribution is -2.15. The van der Waals surface area contributed by atoms with E-state index in [-0.39, 0.29) is 0 Å². The molecular formula is C17H19NO. The Morgan fingerprint density at radius 1 is 1.05 bits per heavy atom. The van der Waals surface area contributed by atoms with E-state index in [2.05, 4.69) is 36.4 Å². The van der Waals surface area contributed by atoms with Gasteiger partial charge in [0.1, 0.15) is 5.75 Å². The number of aryl methyl sites for hydroxylation is 2. The van der Waals surface area contributed by atoms with Gasteiger partial charge in [0, 0.05) is 12.5 Å². The van der Waals surface area contributed by atoms with Gasteiger partial charge in [0.2, 0.25) is 0 Å². The van der Waals surface area contributed by atoms with Crippen molar-refractivity contribution in [3.05, 3.63) is 64.7 Å². The Bertz CT molecular complexity index is 592. The Kier molecular flexibility index (Phi) is 3.26. The summed E-state index contributed by atoms with van der Waals surface area (Å²) in [5.74, 6) is 1.24. The molecule has 2 heteroatoms. The highest BCUT2D eigenvalue weighted by atomic mass is 16.5. The Labute approximate surface area is 114 Å². The molecule has 2 nitrogen and oxygen atoms in total. The predicted molar refractivity (Wildman–Crippen MR) is 77.7 cm³/mol. The molecule has 0 aromatic heterocycles. The Morgan fingerprint density at radius 3 is 2.58 bits per heavy atom. The minimum Gasteiger partial charge on any atom is -0.497 e. The van der Waals surface area contributed by atoms with E-state index in [0.29, 0.717) is 12.5 Å². The van der Waals surface area contributed by atoms with Gasteiger partial charge in [-0.25, -0.2) is 0 Å². The Balaban J connectivity index is 2.13. The van der Waals surface area contributed by atoms with E-state index >= 15 is 0 Å². The molecule has 0 fully saturated rings. The second kappa shape index (κ2) is 5.06. The first-order valence-electron chi connectivity index (χ1n) is 6.78. The third-order valence-electron chi connectivity index (χ3n) is 4.06. The van der Waals surface area contributed by atoms with Crippen LogP contribution in [0.3, 0.4) is 0 Å². The number of methoxy groups -OCH3 is 1. The second-order valence-electron chi connectivity index (χ2n) is 5.05. The lowest BCUT2D eigenvalue weighted by atomic mass is 9.88. The average molecular weight is 253 g/mol. The van der Waals surface area contributed by atoms with Crippen molar-refractivity contribution in [2.24, 2.45) is 5.73 Å². The van der Waals surface area contributed by atoms with E-state index in [4.69, 9.17) is 10.5 Å². The van der Waals surface area contributed by atoms with Crippen molar-refractivity contribution in [3.63, 3.8) is 0 Å². The summed E-state index contributed by atoms with van der Waals surface area (Å²) in [7, 11) is 1.72. The van der Waals surface area contributed by atoms with Gasteiger partial charge < -0.3 is 10.5 Å². The molecule has 2 aromatic rings. The van der Waals surface area contributed by atoms with Crippen LogP contribution >= 0.6 is 0 Å². The topological polar surface area (TPSA) is 35.2 Å². The molecule has 19 heavy (non-hydrogen) atoms. The molecule has 0 amide bonds. The maximum atomic E-state index is 6.04. The summed E-state index contributed by atoms with van der Waals surface area (Å²) in [6, 6.07) is 15.0. The van der Waals surface area contributed by atoms with Crippen molar-refractivity contribution in [3.8, 4) is 5.75 Å². The standard InChI is InChI=1S/C17H19NO/c1-19-14-8-9-16-13(10-14)7-6-12-4-2-3-5-15(12)17(16)11-18/h2-5,8-10,17H,6-7,11,18H2,1H3. The highest BCUT2D eigenvalue weighted by Gasteiger charge is 2.22. The maximum absolute atomic E-state index is 6.04. The van der Waals surface area contributed by atoms with Gasteiger partial charge in [-0.05, 0) is 47.2 Å². The highest BCUT2D eigenvalue weighted by Crippen LogP contribution is 2.35. The van der Waals surface area contributed by atoms with Crippen molar-refractivity contribution in [2.75, 3.05) is 13.7 Å². The van der Waals surface area contributed by atoms with E-state index in [0.717, 1.165) is 18.6 Å². The minimum absolute atomic E-state index is 0.305. The van der Waals surface area contributed by atoms with Gasteiger partial charge in [0.25, 0.3) is 0 Å². The number of benzene rings is 2. The van der Waals surface area contributed by atoms with Gasteiger partial charge in [0.05, 0.1) is 7.11 Å². The summed E-state index contributed by atoms with van der Waals surface area (Å²) < 4.78 is 5.34. The van der Waals surface area contributed by atoms with E-state index in [1.165, 1.54) is 22.3 Å². The molecule has 0 spiro atoms. The first kappa shape index (κ1) is 12.2. The molecule has 0 heterocycles. The smallest absolute Gasteiger partial charge is 0.119 e. The number of rotatable bonds is 2. The van der Waals surface area contributed by atoms with Crippen molar-refractivity contribution >= 4 is 0 Å². The number of nitrogens with two attached hydrogens (primary N) is 1. The molecule has 0 aliphatic heterocycles. The number of ether oxygens (including phenoxy) is 1. The lowest BCUT2D eigenvalue weighted by molar-refractivity contribution is 0.414. The lowest BCUT2D eigenvalue weighted by Gasteiger charge is -2.18. The zero-order chi connectivity index (χ0) is 13.2. The highest BCUT2D eigenvalue weighted by molar-refractivity contribution is 5.47. The van der Waals surface area contributed by atoms with Crippen molar-refractivity contribution < 1.29 is 4.74 Å². The Hall–Kier alpha value is -1.80. The van der Waals surface area contributed by atoms with E-state index in [1.807, 2.05) is 6.07 Å². The molecule has 3 rings (SSSR count). The van der Waals surface area contributed by atoms with Crippen LogP contribution in [0.5, 0.6) is 5.75 Å². The molecule has 0 radical (unpaired) electrons. The number of hydrogen-bond acceptors (Lipinski definition) is 2. The summed E-state index contributed by atoms with van der Waals surface area (Å²) in [5, 5.41) is 0. The summed E-state index contributed by atoms with van der Waals surface area (Å²) in [6.07, 6.45) is 2.13. The maximum Gasteiger partial charge on any atom is 0.119 e. The van der Waals surface area contributed by atoms with Gasteiger partial charge in [0.15, 0.2) is 0 Å². The molecule has 1 unspecified atom stereocenters. The predicted octanol–water partition coefficient (Wildman–Crippen LogP) is 2.88. The molecule has 1 atom stereocenters. The summed E-state index contributed by atoms with van der Waals surface area (Å²) in [5.41, 5.74) is 11.6. The van der Waals surface area contributed by atoms with Crippen molar-refractivity contribution in [1.29, 1.82) is 0 Å². The number of hydrogen-bond donors (Lipinski definition) is 1. The van der Waals surface area contributed by atoms with Crippen LogP contribution in [0.1, 0.15) is 28.2 Å². The van der Waals surface area contributed by atoms with Crippen molar-refractivity contribution in [1.82, 2.24) is 0 Å². The van der Waals surface area contributed by atoms with Crippen LogP contribution < -0.4 is 10.5 Å². The van der Waals surface area contributed by atoms with Gasteiger partial charge in [-0.15, -0.1) is 0 Å². The molecule has 1 aliphatic rings. The minimum atomic E-state index is 0.305. The van der Waals surface area contributed by atoms with E-state index in [9.17, 15) is 0 Å². The third-order valence-corrected chi connectivity index (χ3v) is 4.06. The van der Waals surface area contributed by atoms with Crippen LogP contribution in [0.4, 0.5) is 0 Å².